The van der Waals surface area contributed by atoms with E-state index in [9.17, 15) is 4.79 Å². The summed E-state index contributed by atoms with van der Waals surface area (Å²) in [4.78, 5) is 12.5. The minimum absolute atomic E-state index is 0.138. The van der Waals surface area contributed by atoms with E-state index in [1.165, 1.54) is 44.1 Å². The van der Waals surface area contributed by atoms with Gasteiger partial charge in [-0.25, -0.2) is 0 Å². The molecule has 2 aliphatic rings. The standard InChI is InChI=1S/C18H24ClNO/c19-16-11-5-10-15(12-16)17(13-6-1-2-7-13)20-18(21)14-8-3-4-9-14/h5,10-14,17H,1-4,6-9H2,(H,20,21). The van der Waals surface area contributed by atoms with Gasteiger partial charge in [-0.1, -0.05) is 49.4 Å². The van der Waals surface area contributed by atoms with E-state index in [1.54, 1.807) is 0 Å². The van der Waals surface area contributed by atoms with Crippen molar-refractivity contribution in [3.8, 4) is 0 Å². The molecule has 1 atom stereocenters. The molecule has 3 heteroatoms. The molecule has 0 aliphatic heterocycles. The Morgan fingerprint density at radius 2 is 1.76 bits per heavy atom. The minimum atomic E-state index is 0.138. The summed E-state index contributed by atoms with van der Waals surface area (Å²) in [6.07, 6.45) is 9.48. The maximum atomic E-state index is 12.5. The van der Waals surface area contributed by atoms with E-state index >= 15 is 0 Å². The molecule has 0 aromatic heterocycles. The van der Waals surface area contributed by atoms with Crippen LogP contribution in [0.1, 0.15) is 63.0 Å². The Balaban J connectivity index is 1.77. The SMILES string of the molecule is O=C(NC(c1cccc(Cl)c1)C1CCCC1)C1CCCC1. The normalized spacial score (nSPS) is 21.6. The Morgan fingerprint density at radius 3 is 2.43 bits per heavy atom. The van der Waals surface area contributed by atoms with E-state index in [2.05, 4.69) is 11.4 Å². The van der Waals surface area contributed by atoms with Crippen molar-refractivity contribution in [2.24, 2.45) is 11.8 Å². The molecule has 0 bridgehead atoms. The minimum Gasteiger partial charge on any atom is -0.349 e. The van der Waals surface area contributed by atoms with Crippen LogP contribution < -0.4 is 5.32 Å². The summed E-state index contributed by atoms with van der Waals surface area (Å²) in [5.74, 6) is 1.05. The number of carbonyl (C=O) groups is 1. The Morgan fingerprint density at radius 1 is 1.10 bits per heavy atom. The zero-order valence-corrected chi connectivity index (χ0v) is 13.2. The fraction of sp³-hybridized carbons (Fsp3) is 0.611. The molecule has 2 nitrogen and oxygen atoms in total. The van der Waals surface area contributed by atoms with E-state index in [1.807, 2.05) is 18.2 Å². The van der Waals surface area contributed by atoms with Gasteiger partial charge in [0.25, 0.3) is 0 Å². The van der Waals surface area contributed by atoms with Crippen molar-refractivity contribution in [3.63, 3.8) is 0 Å². The Hall–Kier alpha value is -1.02. The molecule has 114 valence electrons. The van der Waals surface area contributed by atoms with Crippen LogP contribution in [-0.2, 0) is 4.79 Å². The number of rotatable bonds is 4. The quantitative estimate of drug-likeness (QED) is 0.844. The summed E-state index contributed by atoms with van der Waals surface area (Å²) in [6, 6.07) is 8.14. The summed E-state index contributed by atoms with van der Waals surface area (Å²) in [5, 5.41) is 4.10. The summed E-state index contributed by atoms with van der Waals surface area (Å²) in [6.45, 7) is 0. The van der Waals surface area contributed by atoms with Crippen LogP contribution in [0.25, 0.3) is 0 Å². The van der Waals surface area contributed by atoms with Gasteiger partial charge in [0.1, 0.15) is 0 Å². The van der Waals surface area contributed by atoms with E-state index in [-0.39, 0.29) is 17.9 Å². The van der Waals surface area contributed by atoms with Gasteiger partial charge in [-0.3, -0.25) is 4.79 Å². The third-order valence-corrected chi connectivity index (χ3v) is 5.34. The van der Waals surface area contributed by atoms with Crippen LogP contribution in [0.4, 0.5) is 0 Å². The molecule has 2 aliphatic carbocycles. The number of carbonyl (C=O) groups excluding carboxylic acids is 1. The maximum absolute atomic E-state index is 12.5. The molecule has 21 heavy (non-hydrogen) atoms. The van der Waals surface area contributed by atoms with Crippen molar-refractivity contribution in [1.82, 2.24) is 5.32 Å². The number of hydrogen-bond acceptors (Lipinski definition) is 1. The predicted molar refractivity (Wildman–Crippen MR) is 86.3 cm³/mol. The van der Waals surface area contributed by atoms with Crippen LogP contribution in [0.5, 0.6) is 0 Å². The van der Waals surface area contributed by atoms with Gasteiger partial charge in [-0.05, 0) is 49.3 Å². The molecule has 1 aromatic carbocycles. The first-order valence-electron chi connectivity index (χ1n) is 8.30. The van der Waals surface area contributed by atoms with Crippen molar-refractivity contribution in [2.45, 2.75) is 57.4 Å². The Labute approximate surface area is 132 Å². The van der Waals surface area contributed by atoms with Gasteiger partial charge in [0.2, 0.25) is 5.91 Å². The fourth-order valence-electron chi connectivity index (χ4n) is 3.92. The van der Waals surface area contributed by atoms with Gasteiger partial charge >= 0.3 is 0 Å². The lowest BCUT2D eigenvalue weighted by Crippen LogP contribution is -2.36. The number of benzene rings is 1. The zero-order chi connectivity index (χ0) is 14.7. The maximum Gasteiger partial charge on any atom is 0.223 e. The Kier molecular flexibility index (Phi) is 4.84. The largest absolute Gasteiger partial charge is 0.349 e. The van der Waals surface area contributed by atoms with E-state index in [4.69, 9.17) is 11.6 Å². The first kappa shape index (κ1) is 14.9. The third kappa shape index (κ3) is 3.60. The molecular weight excluding hydrogens is 282 g/mol. The molecule has 1 N–H and O–H groups in total. The second kappa shape index (κ2) is 6.83. The van der Waals surface area contributed by atoms with Gasteiger partial charge in [-0.2, -0.15) is 0 Å². The van der Waals surface area contributed by atoms with E-state index in [0.29, 0.717) is 5.92 Å². The van der Waals surface area contributed by atoms with Gasteiger partial charge in [0, 0.05) is 10.9 Å². The summed E-state index contributed by atoms with van der Waals surface area (Å²) >= 11 is 6.15. The van der Waals surface area contributed by atoms with Gasteiger partial charge in [0.15, 0.2) is 0 Å². The summed E-state index contributed by atoms with van der Waals surface area (Å²) in [7, 11) is 0. The van der Waals surface area contributed by atoms with Gasteiger partial charge in [0.05, 0.1) is 6.04 Å². The monoisotopic (exact) mass is 305 g/mol. The number of hydrogen-bond donors (Lipinski definition) is 1. The lowest BCUT2D eigenvalue weighted by molar-refractivity contribution is -0.126. The van der Waals surface area contributed by atoms with Gasteiger partial charge in [-0.15, -0.1) is 0 Å². The first-order chi connectivity index (χ1) is 10.2. The van der Waals surface area contributed by atoms with Crippen LogP contribution in [0.2, 0.25) is 5.02 Å². The predicted octanol–water partition coefficient (Wildman–Crippen LogP) is 4.88. The van der Waals surface area contributed by atoms with Crippen molar-refractivity contribution >= 4 is 17.5 Å². The fourth-order valence-corrected chi connectivity index (χ4v) is 4.12. The van der Waals surface area contributed by atoms with Crippen molar-refractivity contribution < 1.29 is 4.79 Å². The summed E-state index contributed by atoms with van der Waals surface area (Å²) in [5.41, 5.74) is 1.17. The molecule has 1 amide bonds. The molecule has 0 radical (unpaired) electrons. The third-order valence-electron chi connectivity index (χ3n) is 5.10. The molecule has 1 unspecified atom stereocenters. The van der Waals surface area contributed by atoms with Crippen LogP contribution in [0.3, 0.4) is 0 Å². The van der Waals surface area contributed by atoms with Crippen LogP contribution in [-0.4, -0.2) is 5.91 Å². The molecule has 3 rings (SSSR count). The lowest BCUT2D eigenvalue weighted by atomic mass is 9.91. The topological polar surface area (TPSA) is 29.1 Å². The molecule has 0 saturated heterocycles. The average Bonchev–Trinajstić information content (AvgIpc) is 3.17. The van der Waals surface area contributed by atoms with E-state index < -0.39 is 0 Å². The van der Waals surface area contributed by atoms with Crippen molar-refractivity contribution in [3.05, 3.63) is 34.9 Å². The molecule has 0 spiro atoms. The average molecular weight is 306 g/mol. The highest BCUT2D eigenvalue weighted by molar-refractivity contribution is 6.30. The highest BCUT2D eigenvalue weighted by atomic mass is 35.5. The number of nitrogens with one attached hydrogen (secondary N) is 1. The zero-order valence-electron chi connectivity index (χ0n) is 12.5. The highest BCUT2D eigenvalue weighted by Gasteiger charge is 2.31. The van der Waals surface area contributed by atoms with Crippen molar-refractivity contribution in [1.29, 1.82) is 0 Å². The van der Waals surface area contributed by atoms with Gasteiger partial charge < -0.3 is 5.32 Å². The summed E-state index contributed by atoms with van der Waals surface area (Å²) < 4.78 is 0. The second-order valence-corrected chi connectivity index (χ2v) is 7.00. The van der Waals surface area contributed by atoms with Crippen LogP contribution in [0, 0.1) is 11.8 Å². The first-order valence-corrected chi connectivity index (χ1v) is 8.67. The van der Waals surface area contributed by atoms with Crippen LogP contribution in [0.15, 0.2) is 24.3 Å². The molecule has 1 aromatic rings. The van der Waals surface area contributed by atoms with Crippen molar-refractivity contribution in [2.75, 3.05) is 0 Å². The van der Waals surface area contributed by atoms with Crippen LogP contribution >= 0.6 is 11.6 Å². The van der Waals surface area contributed by atoms with E-state index in [0.717, 1.165) is 17.9 Å². The second-order valence-electron chi connectivity index (χ2n) is 6.57. The molecule has 0 heterocycles. The Bertz CT molecular complexity index is 490. The smallest absolute Gasteiger partial charge is 0.223 e. The number of amides is 1. The highest BCUT2D eigenvalue weighted by Crippen LogP contribution is 2.37. The number of halogens is 1. The lowest BCUT2D eigenvalue weighted by Gasteiger charge is -2.27. The molecule has 2 fully saturated rings. The molecule has 2 saturated carbocycles. The molecular formula is C18H24ClNO.